The minimum atomic E-state index is -0.203. The number of thiophene rings is 1. The van der Waals surface area contributed by atoms with Gasteiger partial charge in [-0.15, -0.1) is 11.3 Å². The fraction of sp³-hybridized carbons (Fsp3) is 0.190. The zero-order chi connectivity index (χ0) is 18.5. The van der Waals surface area contributed by atoms with Crippen LogP contribution in [0.3, 0.4) is 0 Å². The molecule has 26 heavy (non-hydrogen) atoms. The van der Waals surface area contributed by atoms with Crippen LogP contribution < -0.4 is 4.74 Å². The molecule has 0 spiro atoms. The summed E-state index contributed by atoms with van der Waals surface area (Å²) in [6, 6.07) is 16.9. The molecule has 0 radical (unpaired) electrons. The van der Waals surface area contributed by atoms with Crippen LogP contribution in [-0.4, -0.2) is 23.0 Å². The molecule has 2 aromatic carbocycles. The third-order valence-corrected chi connectivity index (χ3v) is 5.10. The first kappa shape index (κ1) is 18.0. The summed E-state index contributed by atoms with van der Waals surface area (Å²) in [7, 11) is 1.62. The second-order valence-corrected chi connectivity index (χ2v) is 7.06. The molecule has 0 atom stereocenters. The van der Waals surface area contributed by atoms with Crippen molar-refractivity contribution in [3.8, 4) is 11.5 Å². The number of aromatic hydroxyl groups is 1. The molecule has 1 N–H and O–H groups in total. The van der Waals surface area contributed by atoms with Crippen LogP contribution in [0.1, 0.15) is 26.4 Å². The Hall–Kier alpha value is -2.79. The van der Waals surface area contributed by atoms with Gasteiger partial charge >= 0.3 is 0 Å². The average molecular weight is 367 g/mol. The summed E-state index contributed by atoms with van der Waals surface area (Å²) >= 11 is 1.60. The van der Waals surface area contributed by atoms with E-state index in [1.165, 1.54) is 0 Å². The third kappa shape index (κ3) is 3.89. The summed E-state index contributed by atoms with van der Waals surface area (Å²) in [4.78, 5) is 16.0. The van der Waals surface area contributed by atoms with Crippen LogP contribution in [0.5, 0.6) is 11.5 Å². The molecule has 3 rings (SSSR count). The lowest BCUT2D eigenvalue weighted by Gasteiger charge is -2.24. The summed E-state index contributed by atoms with van der Waals surface area (Å²) in [5, 5.41) is 12.3. The van der Waals surface area contributed by atoms with E-state index in [4.69, 9.17) is 4.74 Å². The number of rotatable bonds is 6. The van der Waals surface area contributed by atoms with Crippen molar-refractivity contribution in [2.24, 2.45) is 0 Å². The first-order valence-corrected chi connectivity index (χ1v) is 9.20. The number of phenolic OH excluding ortho intramolecular Hbond substituents is 1. The van der Waals surface area contributed by atoms with Crippen molar-refractivity contribution >= 4 is 17.2 Å². The van der Waals surface area contributed by atoms with Crippen LogP contribution in [0.4, 0.5) is 0 Å². The molecule has 0 aliphatic heterocycles. The maximum absolute atomic E-state index is 13.2. The Balaban J connectivity index is 1.95. The van der Waals surface area contributed by atoms with Crippen molar-refractivity contribution in [3.05, 3.63) is 81.5 Å². The average Bonchev–Trinajstić information content (AvgIpc) is 3.16. The Morgan fingerprint density at radius 1 is 1.08 bits per heavy atom. The van der Waals surface area contributed by atoms with Gasteiger partial charge in [0.25, 0.3) is 5.91 Å². The molecule has 3 aromatic rings. The van der Waals surface area contributed by atoms with Crippen LogP contribution >= 0.6 is 11.3 Å². The number of hydrogen-bond donors (Lipinski definition) is 1. The van der Waals surface area contributed by atoms with E-state index in [0.717, 1.165) is 16.2 Å². The van der Waals surface area contributed by atoms with Gasteiger partial charge in [0.1, 0.15) is 11.5 Å². The largest absolute Gasteiger partial charge is 0.507 e. The maximum Gasteiger partial charge on any atom is 0.258 e. The standard InChI is InChI=1S/C21H21NO3S/c1-15-7-5-10-18(20(15)23)21(24)22(14-17-9-6-12-26-17)13-16-8-3-4-11-19(16)25-2/h3-12,23H,13-14H2,1-2H3. The van der Waals surface area contributed by atoms with Crippen LogP contribution in [-0.2, 0) is 13.1 Å². The van der Waals surface area contributed by atoms with Gasteiger partial charge in [-0.05, 0) is 36.1 Å². The van der Waals surface area contributed by atoms with E-state index in [0.29, 0.717) is 24.2 Å². The van der Waals surface area contributed by atoms with Gasteiger partial charge in [-0.25, -0.2) is 0 Å². The summed E-state index contributed by atoms with van der Waals surface area (Å²) in [6.45, 7) is 2.66. The second-order valence-electron chi connectivity index (χ2n) is 6.02. The second kappa shape index (κ2) is 8.06. The highest BCUT2D eigenvalue weighted by Crippen LogP contribution is 2.27. The minimum Gasteiger partial charge on any atom is -0.507 e. The lowest BCUT2D eigenvalue weighted by atomic mass is 10.1. The summed E-state index contributed by atoms with van der Waals surface area (Å²) < 4.78 is 5.42. The molecule has 1 heterocycles. The van der Waals surface area contributed by atoms with Crippen molar-refractivity contribution < 1.29 is 14.6 Å². The fourth-order valence-electron chi connectivity index (χ4n) is 2.83. The smallest absolute Gasteiger partial charge is 0.258 e. The number of ether oxygens (including phenoxy) is 1. The zero-order valence-electron chi connectivity index (χ0n) is 14.8. The third-order valence-electron chi connectivity index (χ3n) is 4.24. The first-order chi connectivity index (χ1) is 12.6. The van der Waals surface area contributed by atoms with Gasteiger partial charge in [0.2, 0.25) is 0 Å². The Morgan fingerprint density at radius 3 is 2.62 bits per heavy atom. The van der Waals surface area contributed by atoms with Crippen molar-refractivity contribution in [3.63, 3.8) is 0 Å². The normalized spacial score (nSPS) is 10.5. The number of nitrogens with zero attached hydrogens (tertiary/aromatic N) is 1. The van der Waals surface area contributed by atoms with E-state index in [1.807, 2.05) is 41.8 Å². The fourth-order valence-corrected chi connectivity index (χ4v) is 3.55. The molecule has 0 saturated carbocycles. The molecule has 0 aliphatic carbocycles. The Bertz CT molecular complexity index is 890. The number of para-hydroxylation sites is 2. The van der Waals surface area contributed by atoms with Crippen molar-refractivity contribution in [2.75, 3.05) is 7.11 Å². The zero-order valence-corrected chi connectivity index (χ0v) is 15.6. The van der Waals surface area contributed by atoms with Crippen molar-refractivity contribution in [1.29, 1.82) is 0 Å². The molecular formula is C21H21NO3S. The Morgan fingerprint density at radius 2 is 1.88 bits per heavy atom. The number of carbonyl (C=O) groups excluding carboxylic acids is 1. The lowest BCUT2D eigenvalue weighted by molar-refractivity contribution is 0.0727. The summed E-state index contributed by atoms with van der Waals surface area (Å²) in [6.07, 6.45) is 0. The molecule has 0 aliphatic rings. The highest BCUT2D eigenvalue weighted by Gasteiger charge is 2.21. The van der Waals surface area contributed by atoms with E-state index in [-0.39, 0.29) is 11.7 Å². The van der Waals surface area contributed by atoms with Crippen LogP contribution in [0.2, 0.25) is 0 Å². The van der Waals surface area contributed by atoms with E-state index in [9.17, 15) is 9.90 Å². The number of amides is 1. The number of benzene rings is 2. The van der Waals surface area contributed by atoms with Gasteiger partial charge in [-0.3, -0.25) is 4.79 Å². The molecule has 5 heteroatoms. The van der Waals surface area contributed by atoms with Gasteiger partial charge in [0.05, 0.1) is 25.8 Å². The topological polar surface area (TPSA) is 49.8 Å². The van der Waals surface area contributed by atoms with Gasteiger partial charge < -0.3 is 14.7 Å². The molecule has 0 fully saturated rings. The number of phenols is 1. The quantitative estimate of drug-likeness (QED) is 0.692. The number of methoxy groups -OCH3 is 1. The summed E-state index contributed by atoms with van der Waals surface area (Å²) in [5.41, 5.74) is 1.92. The molecule has 134 valence electrons. The van der Waals surface area contributed by atoms with E-state index in [2.05, 4.69) is 0 Å². The number of hydrogen-bond acceptors (Lipinski definition) is 4. The van der Waals surface area contributed by atoms with Gasteiger partial charge in [-0.2, -0.15) is 0 Å². The van der Waals surface area contributed by atoms with Crippen LogP contribution in [0, 0.1) is 6.92 Å². The Labute approximate surface area is 157 Å². The molecule has 4 nitrogen and oxygen atoms in total. The van der Waals surface area contributed by atoms with E-state index in [1.54, 1.807) is 48.5 Å². The molecule has 0 bridgehead atoms. The molecule has 0 unspecified atom stereocenters. The molecular weight excluding hydrogens is 346 g/mol. The molecule has 0 saturated heterocycles. The Kier molecular flexibility index (Phi) is 5.58. The summed E-state index contributed by atoms with van der Waals surface area (Å²) in [5.74, 6) is 0.573. The van der Waals surface area contributed by atoms with Crippen molar-refractivity contribution in [1.82, 2.24) is 4.90 Å². The lowest BCUT2D eigenvalue weighted by Crippen LogP contribution is -2.30. The first-order valence-electron chi connectivity index (χ1n) is 8.32. The molecule has 1 aromatic heterocycles. The minimum absolute atomic E-state index is 0.0358. The molecule has 1 amide bonds. The highest BCUT2D eigenvalue weighted by molar-refractivity contribution is 7.09. The SMILES string of the molecule is COc1ccccc1CN(Cc1cccs1)C(=O)c1cccc(C)c1O. The van der Waals surface area contributed by atoms with E-state index >= 15 is 0 Å². The van der Waals surface area contributed by atoms with Crippen molar-refractivity contribution in [2.45, 2.75) is 20.0 Å². The van der Waals surface area contributed by atoms with Gasteiger partial charge in [0, 0.05) is 10.4 Å². The van der Waals surface area contributed by atoms with Crippen LogP contribution in [0.25, 0.3) is 0 Å². The van der Waals surface area contributed by atoms with Gasteiger partial charge in [0.15, 0.2) is 0 Å². The van der Waals surface area contributed by atoms with Crippen LogP contribution in [0.15, 0.2) is 60.0 Å². The number of carbonyl (C=O) groups is 1. The highest BCUT2D eigenvalue weighted by atomic mass is 32.1. The number of aryl methyl sites for hydroxylation is 1. The predicted molar refractivity (Wildman–Crippen MR) is 104 cm³/mol. The maximum atomic E-state index is 13.2. The van der Waals surface area contributed by atoms with Gasteiger partial charge in [-0.1, -0.05) is 36.4 Å². The van der Waals surface area contributed by atoms with E-state index < -0.39 is 0 Å². The monoisotopic (exact) mass is 367 g/mol. The predicted octanol–water partition coefficient (Wildman–Crippen LogP) is 4.61.